The third kappa shape index (κ3) is 4.37. The van der Waals surface area contributed by atoms with E-state index >= 15 is 0 Å². The highest BCUT2D eigenvalue weighted by Gasteiger charge is 2.40. The number of aromatic nitrogens is 1. The Morgan fingerprint density at radius 2 is 2.09 bits per heavy atom. The Bertz CT molecular complexity index is 513. The van der Waals surface area contributed by atoms with E-state index in [9.17, 15) is 4.79 Å². The molecule has 2 aliphatic rings. The van der Waals surface area contributed by atoms with E-state index in [1.165, 1.54) is 0 Å². The number of likely N-dealkylation sites (N-methyl/N-ethyl adjacent to an activating group) is 1. The first-order chi connectivity index (χ1) is 10.2. The van der Waals surface area contributed by atoms with Crippen LogP contribution in [0.5, 0.6) is 0 Å². The molecule has 1 aromatic heterocycles. The SMILES string of the molecule is CCN1CCC2CCC(C1)N2C(=O)c1csc(CCN)n1.Cl.Cl. The molecule has 2 aliphatic heterocycles. The third-order valence-electron chi connectivity index (χ3n) is 4.68. The van der Waals surface area contributed by atoms with Crippen LogP contribution in [0.2, 0.25) is 0 Å². The van der Waals surface area contributed by atoms with Crippen molar-refractivity contribution in [2.75, 3.05) is 26.2 Å². The lowest BCUT2D eigenvalue weighted by Gasteiger charge is -2.28. The number of carbonyl (C=O) groups is 1. The summed E-state index contributed by atoms with van der Waals surface area (Å²) >= 11 is 1.55. The van der Waals surface area contributed by atoms with Crippen molar-refractivity contribution in [3.8, 4) is 0 Å². The van der Waals surface area contributed by atoms with Crippen LogP contribution in [-0.2, 0) is 6.42 Å². The van der Waals surface area contributed by atoms with Gasteiger partial charge in [-0.3, -0.25) is 4.79 Å². The molecule has 1 aromatic rings. The van der Waals surface area contributed by atoms with Crippen LogP contribution in [0.25, 0.3) is 0 Å². The van der Waals surface area contributed by atoms with Gasteiger partial charge in [0.05, 0.1) is 5.01 Å². The number of carbonyl (C=O) groups excluding carboxylic acids is 1. The fraction of sp³-hybridized carbons (Fsp3) is 0.733. The summed E-state index contributed by atoms with van der Waals surface area (Å²) in [5, 5.41) is 2.87. The van der Waals surface area contributed by atoms with E-state index in [2.05, 4.69) is 21.7 Å². The first-order valence-corrected chi connectivity index (χ1v) is 8.80. The molecule has 0 saturated carbocycles. The van der Waals surface area contributed by atoms with Gasteiger partial charge in [0.1, 0.15) is 5.69 Å². The van der Waals surface area contributed by atoms with Crippen LogP contribution < -0.4 is 5.73 Å². The Morgan fingerprint density at radius 3 is 2.78 bits per heavy atom. The summed E-state index contributed by atoms with van der Waals surface area (Å²) in [6.45, 7) is 5.98. The van der Waals surface area contributed by atoms with Gasteiger partial charge in [0.2, 0.25) is 0 Å². The highest BCUT2D eigenvalue weighted by molar-refractivity contribution is 7.09. The Kier molecular flexibility index (Phi) is 8.24. The van der Waals surface area contributed by atoms with Crippen molar-refractivity contribution in [3.05, 3.63) is 16.1 Å². The zero-order valence-electron chi connectivity index (χ0n) is 13.4. The van der Waals surface area contributed by atoms with Crippen LogP contribution in [0.1, 0.15) is 41.7 Å². The first kappa shape index (κ1) is 20.6. The van der Waals surface area contributed by atoms with Crippen molar-refractivity contribution in [1.82, 2.24) is 14.8 Å². The maximum atomic E-state index is 12.8. The number of hydrogen-bond acceptors (Lipinski definition) is 5. The summed E-state index contributed by atoms with van der Waals surface area (Å²) in [5.74, 6) is 0.125. The maximum Gasteiger partial charge on any atom is 0.273 e. The number of amides is 1. The van der Waals surface area contributed by atoms with Gasteiger partial charge in [-0.05, 0) is 32.4 Å². The number of thiazole rings is 1. The van der Waals surface area contributed by atoms with Crippen molar-refractivity contribution in [2.45, 2.75) is 44.7 Å². The third-order valence-corrected chi connectivity index (χ3v) is 5.59. The van der Waals surface area contributed by atoms with Crippen LogP contribution in [0.3, 0.4) is 0 Å². The molecule has 2 bridgehead atoms. The molecule has 8 heteroatoms. The smallest absolute Gasteiger partial charge is 0.273 e. The number of fused-ring (bicyclic) bond motifs is 2. The Hall–Kier alpha value is -0.400. The molecule has 2 unspecified atom stereocenters. The lowest BCUT2D eigenvalue weighted by atomic mass is 10.1. The Labute approximate surface area is 154 Å². The van der Waals surface area contributed by atoms with Crippen LogP contribution in [-0.4, -0.2) is 59.0 Å². The van der Waals surface area contributed by atoms with Gasteiger partial charge in [0.15, 0.2) is 0 Å². The van der Waals surface area contributed by atoms with Gasteiger partial charge in [-0.1, -0.05) is 6.92 Å². The lowest BCUT2D eigenvalue weighted by molar-refractivity contribution is 0.0666. The molecule has 1 amide bonds. The molecule has 23 heavy (non-hydrogen) atoms. The number of hydrogen-bond donors (Lipinski definition) is 1. The van der Waals surface area contributed by atoms with Gasteiger partial charge >= 0.3 is 0 Å². The molecule has 5 nitrogen and oxygen atoms in total. The Morgan fingerprint density at radius 1 is 1.35 bits per heavy atom. The molecule has 2 saturated heterocycles. The van der Waals surface area contributed by atoms with Crippen LogP contribution in [0.15, 0.2) is 5.38 Å². The lowest BCUT2D eigenvalue weighted by Crippen LogP contribution is -2.43. The standard InChI is InChI=1S/C15H24N4OS.2ClH/c1-2-18-8-6-11-3-4-12(9-18)19(11)15(20)13-10-21-14(17-13)5-7-16;;/h10-12H,2-9,16H2,1H3;2*1H. The van der Waals surface area contributed by atoms with Crippen molar-refractivity contribution in [1.29, 1.82) is 0 Å². The maximum absolute atomic E-state index is 12.8. The van der Waals surface area contributed by atoms with Gasteiger partial charge in [-0.15, -0.1) is 36.2 Å². The van der Waals surface area contributed by atoms with Crippen LogP contribution in [0, 0.1) is 0 Å². The highest BCUT2D eigenvalue weighted by Crippen LogP contribution is 2.31. The molecule has 2 fully saturated rings. The average Bonchev–Trinajstić information content (AvgIpc) is 3.03. The molecular formula is C15H26Cl2N4OS. The summed E-state index contributed by atoms with van der Waals surface area (Å²) in [6, 6.07) is 0.767. The molecule has 2 N–H and O–H groups in total. The van der Waals surface area contributed by atoms with Gasteiger partial charge < -0.3 is 15.5 Å². The van der Waals surface area contributed by atoms with E-state index in [-0.39, 0.29) is 30.7 Å². The summed E-state index contributed by atoms with van der Waals surface area (Å²) in [4.78, 5) is 21.9. The molecule has 2 atom stereocenters. The number of nitrogens with two attached hydrogens (primary N) is 1. The van der Waals surface area contributed by atoms with Crippen molar-refractivity contribution >= 4 is 42.1 Å². The van der Waals surface area contributed by atoms with E-state index in [0.717, 1.165) is 50.3 Å². The van der Waals surface area contributed by atoms with Crippen molar-refractivity contribution in [3.63, 3.8) is 0 Å². The average molecular weight is 381 g/mol. The summed E-state index contributed by atoms with van der Waals surface area (Å²) in [5.41, 5.74) is 6.18. The quantitative estimate of drug-likeness (QED) is 0.869. The summed E-state index contributed by atoms with van der Waals surface area (Å²) in [6.07, 6.45) is 4.13. The van der Waals surface area contributed by atoms with Crippen molar-refractivity contribution < 1.29 is 4.79 Å². The molecule has 0 aromatic carbocycles. The molecule has 3 heterocycles. The molecule has 0 spiro atoms. The zero-order valence-corrected chi connectivity index (χ0v) is 15.9. The first-order valence-electron chi connectivity index (χ1n) is 7.92. The molecule has 132 valence electrons. The molecule has 0 radical (unpaired) electrons. The summed E-state index contributed by atoms with van der Waals surface area (Å²) < 4.78 is 0. The second kappa shape index (κ2) is 9.18. The van der Waals surface area contributed by atoms with Gasteiger partial charge in [0.25, 0.3) is 5.91 Å². The van der Waals surface area contributed by atoms with E-state index < -0.39 is 0 Å². The Balaban J connectivity index is 0.00000132. The molecule has 0 aliphatic carbocycles. The van der Waals surface area contributed by atoms with Crippen molar-refractivity contribution in [2.24, 2.45) is 5.73 Å². The van der Waals surface area contributed by atoms with Crippen LogP contribution in [0.4, 0.5) is 0 Å². The van der Waals surface area contributed by atoms with Gasteiger partial charge in [-0.2, -0.15) is 0 Å². The second-order valence-electron chi connectivity index (χ2n) is 5.94. The minimum atomic E-state index is 0. The molecular weight excluding hydrogens is 355 g/mol. The minimum absolute atomic E-state index is 0. The van der Waals surface area contributed by atoms with Crippen LogP contribution >= 0.6 is 36.2 Å². The fourth-order valence-electron chi connectivity index (χ4n) is 3.54. The predicted octanol–water partition coefficient (Wildman–Crippen LogP) is 2.19. The van der Waals surface area contributed by atoms with E-state index in [1.807, 2.05) is 5.38 Å². The number of rotatable bonds is 4. The zero-order chi connectivity index (χ0) is 14.8. The second-order valence-corrected chi connectivity index (χ2v) is 6.89. The van der Waals surface area contributed by atoms with E-state index in [0.29, 0.717) is 24.3 Å². The predicted molar refractivity (Wildman–Crippen MR) is 99.1 cm³/mol. The summed E-state index contributed by atoms with van der Waals surface area (Å²) in [7, 11) is 0. The molecule has 3 rings (SSSR count). The normalized spacial score (nSPS) is 23.8. The number of halogens is 2. The number of likely N-dealkylation sites (tertiary alicyclic amines) is 1. The van der Waals surface area contributed by atoms with Gasteiger partial charge in [0, 0.05) is 37.0 Å². The highest BCUT2D eigenvalue weighted by atomic mass is 35.5. The van der Waals surface area contributed by atoms with E-state index in [1.54, 1.807) is 11.3 Å². The number of nitrogens with zero attached hydrogens (tertiary/aromatic N) is 3. The fourth-order valence-corrected chi connectivity index (χ4v) is 4.33. The topological polar surface area (TPSA) is 62.5 Å². The van der Waals surface area contributed by atoms with E-state index in [4.69, 9.17) is 5.73 Å². The largest absolute Gasteiger partial charge is 0.330 e. The van der Waals surface area contributed by atoms with Gasteiger partial charge in [-0.25, -0.2) is 4.98 Å². The minimum Gasteiger partial charge on any atom is -0.330 e. The monoisotopic (exact) mass is 380 g/mol.